The Morgan fingerprint density at radius 1 is 0.944 bits per heavy atom. The van der Waals surface area contributed by atoms with Crippen LogP contribution in [0.2, 0.25) is 0 Å². The Bertz CT molecular complexity index is 530. The van der Waals surface area contributed by atoms with Crippen LogP contribution < -0.4 is 0 Å². The van der Waals surface area contributed by atoms with Gasteiger partial charge in [-0.15, -0.1) is 0 Å². The van der Waals surface area contributed by atoms with E-state index in [0.717, 1.165) is 12.1 Å². The standard InChI is InChI=1S/C9H6N3O6/c1-2-3-6-4-7(10(13)14)9(12(17)18)8(5-6)11(15)16/h2-5H,1H2. The van der Waals surface area contributed by atoms with Gasteiger partial charge < -0.3 is 0 Å². The molecule has 0 heterocycles. The van der Waals surface area contributed by atoms with Gasteiger partial charge in [0.1, 0.15) is 0 Å². The molecule has 18 heavy (non-hydrogen) atoms. The van der Waals surface area contributed by atoms with Crippen LogP contribution in [0.5, 0.6) is 0 Å². The Balaban J connectivity index is 3.70. The second kappa shape index (κ2) is 4.99. The Kier molecular flexibility index (Phi) is 3.67. The molecule has 0 bridgehead atoms. The predicted octanol–water partition coefficient (Wildman–Crippen LogP) is 2.26. The van der Waals surface area contributed by atoms with E-state index in [9.17, 15) is 30.3 Å². The molecule has 0 aliphatic carbocycles. The van der Waals surface area contributed by atoms with Crippen LogP contribution in [0.15, 0.2) is 18.2 Å². The molecule has 0 aliphatic rings. The number of hydrogen-bond acceptors (Lipinski definition) is 6. The molecule has 0 N–H and O–H groups in total. The smallest absolute Gasteiger partial charge is 0.258 e. The lowest BCUT2D eigenvalue weighted by molar-refractivity contribution is -0.441. The fourth-order valence-electron chi connectivity index (χ4n) is 1.32. The first-order valence-corrected chi connectivity index (χ1v) is 4.45. The maximum atomic E-state index is 10.7. The van der Waals surface area contributed by atoms with Crippen LogP contribution in [0.3, 0.4) is 0 Å². The van der Waals surface area contributed by atoms with Crippen LogP contribution in [0, 0.1) is 37.3 Å². The van der Waals surface area contributed by atoms with Crippen molar-refractivity contribution in [1.29, 1.82) is 0 Å². The molecule has 0 aliphatic heterocycles. The summed E-state index contributed by atoms with van der Waals surface area (Å²) in [5, 5.41) is 32.1. The third-order valence-electron chi connectivity index (χ3n) is 1.98. The van der Waals surface area contributed by atoms with Gasteiger partial charge in [0, 0.05) is 12.1 Å². The SMILES string of the molecule is [CH2]C=Cc1cc([N+](=O)[O-])c([N+](=O)[O-])c([N+](=O)[O-])c1. The van der Waals surface area contributed by atoms with E-state index in [1.54, 1.807) is 0 Å². The first kappa shape index (κ1) is 13.2. The van der Waals surface area contributed by atoms with E-state index in [1.807, 2.05) is 0 Å². The molecule has 9 heteroatoms. The first-order chi connectivity index (χ1) is 8.38. The molecule has 0 aromatic heterocycles. The summed E-state index contributed by atoms with van der Waals surface area (Å²) in [4.78, 5) is 28.9. The number of rotatable bonds is 4. The van der Waals surface area contributed by atoms with Crippen molar-refractivity contribution in [2.45, 2.75) is 0 Å². The normalized spacial score (nSPS) is 10.5. The van der Waals surface area contributed by atoms with Gasteiger partial charge in [0.2, 0.25) is 0 Å². The van der Waals surface area contributed by atoms with Crippen molar-refractivity contribution in [3.05, 3.63) is 61.0 Å². The van der Waals surface area contributed by atoms with Gasteiger partial charge in [-0.1, -0.05) is 12.2 Å². The second-order valence-corrected chi connectivity index (χ2v) is 3.08. The summed E-state index contributed by atoms with van der Waals surface area (Å²) in [5.41, 5.74) is -2.90. The van der Waals surface area contributed by atoms with Crippen LogP contribution in [0.25, 0.3) is 6.08 Å². The lowest BCUT2D eigenvalue weighted by atomic mass is 10.1. The van der Waals surface area contributed by atoms with Gasteiger partial charge in [0.05, 0.1) is 14.8 Å². The topological polar surface area (TPSA) is 129 Å². The van der Waals surface area contributed by atoms with Crippen LogP contribution in [-0.4, -0.2) is 14.8 Å². The molecular weight excluding hydrogens is 246 g/mol. The lowest BCUT2D eigenvalue weighted by Gasteiger charge is -1.99. The third kappa shape index (κ3) is 2.45. The molecule has 0 saturated carbocycles. The minimum absolute atomic E-state index is 0.0917. The summed E-state index contributed by atoms with van der Waals surface area (Å²) in [7, 11) is 0. The quantitative estimate of drug-likeness (QED) is 0.596. The van der Waals surface area contributed by atoms with Gasteiger partial charge in [-0.2, -0.15) is 0 Å². The molecular formula is C9H6N3O6. The molecule has 9 nitrogen and oxygen atoms in total. The van der Waals surface area contributed by atoms with E-state index in [-0.39, 0.29) is 5.56 Å². The summed E-state index contributed by atoms with van der Waals surface area (Å²) in [6, 6.07) is 1.76. The van der Waals surface area contributed by atoms with Crippen LogP contribution in [0.1, 0.15) is 5.56 Å². The van der Waals surface area contributed by atoms with E-state index in [4.69, 9.17) is 0 Å². The van der Waals surface area contributed by atoms with Crippen molar-refractivity contribution in [2.24, 2.45) is 0 Å². The minimum Gasteiger partial charge on any atom is -0.258 e. The molecule has 0 fully saturated rings. The van der Waals surface area contributed by atoms with Gasteiger partial charge >= 0.3 is 17.1 Å². The number of hydrogen-bond donors (Lipinski definition) is 0. The first-order valence-electron chi connectivity index (χ1n) is 4.45. The van der Waals surface area contributed by atoms with Crippen molar-refractivity contribution in [3.63, 3.8) is 0 Å². The predicted molar refractivity (Wildman–Crippen MR) is 60.8 cm³/mol. The van der Waals surface area contributed by atoms with Crippen molar-refractivity contribution in [2.75, 3.05) is 0 Å². The van der Waals surface area contributed by atoms with Crippen molar-refractivity contribution in [3.8, 4) is 0 Å². The second-order valence-electron chi connectivity index (χ2n) is 3.08. The number of nitro groups is 3. The van der Waals surface area contributed by atoms with Crippen LogP contribution in [-0.2, 0) is 0 Å². The maximum Gasteiger partial charge on any atom is 0.422 e. The molecule has 0 atom stereocenters. The summed E-state index contributed by atoms with van der Waals surface area (Å²) >= 11 is 0. The number of nitrogens with zero attached hydrogens (tertiary/aromatic N) is 3. The van der Waals surface area contributed by atoms with E-state index >= 15 is 0 Å². The van der Waals surface area contributed by atoms with Gasteiger partial charge in [-0.3, -0.25) is 30.3 Å². The molecule has 1 aromatic rings. The Labute approximate surface area is 99.8 Å². The van der Waals surface area contributed by atoms with E-state index in [2.05, 4.69) is 6.92 Å². The molecule has 1 rings (SSSR count). The third-order valence-corrected chi connectivity index (χ3v) is 1.98. The summed E-state index contributed by atoms with van der Waals surface area (Å²) in [6.07, 6.45) is 2.53. The lowest BCUT2D eigenvalue weighted by Crippen LogP contribution is -2.02. The van der Waals surface area contributed by atoms with E-state index in [1.165, 1.54) is 12.2 Å². The van der Waals surface area contributed by atoms with Gasteiger partial charge in [0.25, 0.3) is 0 Å². The zero-order valence-corrected chi connectivity index (χ0v) is 8.81. The fraction of sp³-hybridized carbons (Fsp3) is 0. The highest BCUT2D eigenvalue weighted by molar-refractivity contribution is 5.71. The van der Waals surface area contributed by atoms with E-state index in [0.29, 0.717) is 0 Å². The largest absolute Gasteiger partial charge is 0.422 e. The molecule has 1 radical (unpaired) electrons. The van der Waals surface area contributed by atoms with Crippen LogP contribution >= 0.6 is 0 Å². The molecule has 0 amide bonds. The van der Waals surface area contributed by atoms with Crippen LogP contribution in [0.4, 0.5) is 17.1 Å². The van der Waals surface area contributed by atoms with Crippen molar-refractivity contribution < 1.29 is 14.8 Å². The zero-order chi connectivity index (χ0) is 13.9. The summed E-state index contributed by atoms with van der Waals surface area (Å²) in [5.74, 6) is 0. The Hall–Kier alpha value is -2.84. The van der Waals surface area contributed by atoms with Gasteiger partial charge in [-0.25, -0.2) is 0 Å². The Morgan fingerprint density at radius 3 is 1.67 bits per heavy atom. The molecule has 93 valence electrons. The molecule has 0 unspecified atom stereocenters. The molecule has 0 saturated heterocycles. The maximum absolute atomic E-state index is 10.7. The monoisotopic (exact) mass is 252 g/mol. The van der Waals surface area contributed by atoms with Crippen molar-refractivity contribution >= 4 is 23.1 Å². The highest BCUT2D eigenvalue weighted by Crippen LogP contribution is 2.37. The minimum atomic E-state index is -1.14. The van der Waals surface area contributed by atoms with Gasteiger partial charge in [0.15, 0.2) is 0 Å². The number of benzene rings is 1. The van der Waals surface area contributed by atoms with Crippen molar-refractivity contribution in [1.82, 2.24) is 0 Å². The Morgan fingerprint density at radius 2 is 1.39 bits per heavy atom. The zero-order valence-electron chi connectivity index (χ0n) is 8.81. The average molecular weight is 252 g/mol. The average Bonchev–Trinajstić information content (AvgIpc) is 2.27. The number of nitro benzene ring substituents is 3. The molecule has 1 aromatic carbocycles. The molecule has 0 spiro atoms. The van der Waals surface area contributed by atoms with Gasteiger partial charge in [-0.05, 0) is 12.5 Å². The summed E-state index contributed by atoms with van der Waals surface area (Å²) < 4.78 is 0. The number of allylic oxidation sites excluding steroid dienone is 1. The summed E-state index contributed by atoms with van der Waals surface area (Å²) in [6.45, 7) is 3.33. The highest BCUT2D eigenvalue weighted by Gasteiger charge is 2.36. The van der Waals surface area contributed by atoms with E-state index < -0.39 is 31.8 Å². The highest BCUT2D eigenvalue weighted by atomic mass is 16.6. The fourth-order valence-corrected chi connectivity index (χ4v) is 1.32.